The molecule has 0 rings (SSSR count). The number of allylic oxidation sites excluding steroid dienone is 2. The second-order valence-corrected chi connectivity index (χ2v) is 8.80. The minimum Gasteiger partial charge on any atom is -0.480 e. The van der Waals surface area contributed by atoms with Crippen molar-refractivity contribution in [3.8, 4) is 0 Å². The van der Waals surface area contributed by atoms with E-state index in [-0.39, 0.29) is 19.1 Å². The highest BCUT2D eigenvalue weighted by molar-refractivity contribution is 5.75. The molecule has 0 heterocycles. The fraction of sp³-hybridized carbons (Fsp3) is 0.808. The van der Waals surface area contributed by atoms with Crippen LogP contribution < -0.4 is 5.32 Å². The Kier molecular flexibility index (Phi) is 22.8. The van der Waals surface area contributed by atoms with Gasteiger partial charge in [-0.3, -0.25) is 14.5 Å². The van der Waals surface area contributed by atoms with Crippen molar-refractivity contribution in [2.75, 3.05) is 39.4 Å². The molecule has 3 N–H and O–H groups in total. The number of hydrogen-bond acceptors (Lipinski definition) is 5. The van der Waals surface area contributed by atoms with Gasteiger partial charge >= 0.3 is 11.9 Å². The van der Waals surface area contributed by atoms with Gasteiger partial charge in [-0.1, -0.05) is 70.4 Å². The van der Waals surface area contributed by atoms with Crippen LogP contribution in [0.1, 0.15) is 96.8 Å². The van der Waals surface area contributed by atoms with E-state index < -0.39 is 18.5 Å². The summed E-state index contributed by atoms with van der Waals surface area (Å²) in [6.07, 6.45) is 21.0. The molecule has 0 aromatic heterocycles. The number of rotatable bonds is 25. The highest BCUT2D eigenvalue weighted by Gasteiger charge is 2.10. The van der Waals surface area contributed by atoms with Gasteiger partial charge in [0.05, 0.1) is 13.2 Å². The van der Waals surface area contributed by atoms with Gasteiger partial charge in [0.2, 0.25) is 5.91 Å². The minimum atomic E-state index is -1.06. The van der Waals surface area contributed by atoms with E-state index in [1.54, 1.807) is 4.90 Å². The number of aliphatic carboxylic acids is 2. The summed E-state index contributed by atoms with van der Waals surface area (Å²) >= 11 is 0. The second-order valence-electron chi connectivity index (χ2n) is 8.80. The molecular formula is C26H48N2O6. The Balaban J connectivity index is 3.61. The van der Waals surface area contributed by atoms with E-state index in [2.05, 4.69) is 24.4 Å². The number of carboxylic acids is 2. The van der Waals surface area contributed by atoms with E-state index in [0.29, 0.717) is 26.1 Å². The number of amides is 1. The number of nitrogens with zero attached hydrogens (tertiary/aromatic N) is 1. The SMILES string of the molecule is CCCCCCCC/C=C\CCCCCCCC(=O)NCCN(CCOCC(=O)O)CC(=O)O. The first-order valence-electron chi connectivity index (χ1n) is 13.1. The standard InChI is InChI=1S/C26H48N2O6/c1-2-3-4-5-6-7-8-9-10-11-12-13-14-15-16-17-24(29)27-18-19-28(22-25(30)31)20-21-34-23-26(32)33/h9-10H,2-8,11-23H2,1H3,(H,27,29)(H,30,31)(H,32,33)/b10-9-. The van der Waals surface area contributed by atoms with Crippen molar-refractivity contribution in [2.45, 2.75) is 96.8 Å². The van der Waals surface area contributed by atoms with Gasteiger partial charge in [-0.05, 0) is 32.1 Å². The molecule has 0 atom stereocenters. The highest BCUT2D eigenvalue weighted by atomic mass is 16.5. The molecule has 0 saturated carbocycles. The molecule has 0 radical (unpaired) electrons. The van der Waals surface area contributed by atoms with Gasteiger partial charge in [0.1, 0.15) is 6.61 Å². The van der Waals surface area contributed by atoms with Gasteiger partial charge in [-0.2, -0.15) is 0 Å². The molecule has 0 unspecified atom stereocenters. The Labute approximate surface area is 206 Å². The molecule has 8 heteroatoms. The average Bonchev–Trinajstić information content (AvgIpc) is 2.78. The fourth-order valence-corrected chi connectivity index (χ4v) is 3.61. The minimum absolute atomic E-state index is 0.0185. The summed E-state index contributed by atoms with van der Waals surface area (Å²) in [6.45, 7) is 2.81. The van der Waals surface area contributed by atoms with E-state index in [0.717, 1.165) is 25.7 Å². The van der Waals surface area contributed by atoms with Crippen LogP contribution in [-0.4, -0.2) is 72.4 Å². The number of nitrogens with one attached hydrogen (secondary N) is 1. The maximum Gasteiger partial charge on any atom is 0.329 e. The molecule has 34 heavy (non-hydrogen) atoms. The van der Waals surface area contributed by atoms with Gasteiger partial charge < -0.3 is 20.3 Å². The van der Waals surface area contributed by atoms with E-state index in [9.17, 15) is 14.4 Å². The first kappa shape index (κ1) is 32.1. The first-order chi connectivity index (χ1) is 16.5. The van der Waals surface area contributed by atoms with Crippen molar-refractivity contribution in [3.05, 3.63) is 12.2 Å². The first-order valence-corrected chi connectivity index (χ1v) is 13.1. The van der Waals surface area contributed by atoms with E-state index in [1.165, 1.54) is 57.8 Å². The average molecular weight is 485 g/mol. The molecule has 1 amide bonds. The quantitative estimate of drug-likeness (QED) is 0.128. The number of unbranched alkanes of at least 4 members (excludes halogenated alkanes) is 11. The van der Waals surface area contributed by atoms with E-state index in [1.807, 2.05) is 0 Å². The van der Waals surface area contributed by atoms with Gasteiger partial charge in [0.25, 0.3) is 0 Å². The van der Waals surface area contributed by atoms with Gasteiger partial charge in [0, 0.05) is 26.1 Å². The predicted octanol–water partition coefficient (Wildman–Crippen LogP) is 4.63. The Morgan fingerprint density at radius 3 is 1.97 bits per heavy atom. The van der Waals surface area contributed by atoms with Gasteiger partial charge in [-0.15, -0.1) is 0 Å². The summed E-state index contributed by atoms with van der Waals surface area (Å²) in [7, 11) is 0. The van der Waals surface area contributed by atoms with Crippen LogP contribution in [0, 0.1) is 0 Å². The van der Waals surface area contributed by atoms with Crippen molar-refractivity contribution in [2.24, 2.45) is 0 Å². The van der Waals surface area contributed by atoms with Crippen LogP contribution in [0.15, 0.2) is 12.2 Å². The van der Waals surface area contributed by atoms with Crippen LogP contribution in [0.2, 0.25) is 0 Å². The van der Waals surface area contributed by atoms with Crippen molar-refractivity contribution in [1.29, 1.82) is 0 Å². The summed E-state index contributed by atoms with van der Waals surface area (Å²) in [4.78, 5) is 35.0. The van der Waals surface area contributed by atoms with Crippen molar-refractivity contribution < 1.29 is 29.3 Å². The topological polar surface area (TPSA) is 116 Å². The lowest BCUT2D eigenvalue weighted by Gasteiger charge is -2.20. The summed E-state index contributed by atoms with van der Waals surface area (Å²) < 4.78 is 4.95. The summed E-state index contributed by atoms with van der Waals surface area (Å²) in [6, 6.07) is 0. The van der Waals surface area contributed by atoms with Crippen molar-refractivity contribution >= 4 is 17.8 Å². The van der Waals surface area contributed by atoms with Gasteiger partial charge in [0.15, 0.2) is 0 Å². The summed E-state index contributed by atoms with van der Waals surface area (Å²) in [5.74, 6) is -2.06. The molecule has 0 aliphatic heterocycles. The van der Waals surface area contributed by atoms with Crippen molar-refractivity contribution in [3.63, 3.8) is 0 Å². The normalized spacial score (nSPS) is 11.4. The molecule has 198 valence electrons. The third kappa shape index (κ3) is 24.7. The molecule has 0 fully saturated rings. The molecular weight excluding hydrogens is 436 g/mol. The third-order valence-electron chi connectivity index (χ3n) is 5.55. The third-order valence-corrected chi connectivity index (χ3v) is 5.55. The molecule has 0 saturated heterocycles. The fourth-order valence-electron chi connectivity index (χ4n) is 3.61. The number of carbonyl (C=O) groups excluding carboxylic acids is 1. The molecule has 0 bridgehead atoms. The van der Waals surface area contributed by atoms with Crippen LogP contribution in [0.4, 0.5) is 0 Å². The van der Waals surface area contributed by atoms with Crippen LogP contribution in [-0.2, 0) is 19.1 Å². The number of carbonyl (C=O) groups is 3. The lowest BCUT2D eigenvalue weighted by molar-refractivity contribution is -0.143. The Morgan fingerprint density at radius 1 is 0.794 bits per heavy atom. The van der Waals surface area contributed by atoms with Crippen LogP contribution in [0.3, 0.4) is 0 Å². The Bertz CT molecular complexity index is 553. The largest absolute Gasteiger partial charge is 0.480 e. The monoisotopic (exact) mass is 484 g/mol. The lowest BCUT2D eigenvalue weighted by Crippen LogP contribution is -2.39. The smallest absolute Gasteiger partial charge is 0.329 e. The lowest BCUT2D eigenvalue weighted by atomic mass is 10.1. The molecule has 8 nitrogen and oxygen atoms in total. The molecule has 0 spiro atoms. The zero-order chi connectivity index (χ0) is 25.3. The van der Waals surface area contributed by atoms with Crippen LogP contribution in [0.25, 0.3) is 0 Å². The Hall–Kier alpha value is -1.93. The molecule has 0 aliphatic rings. The molecule has 0 aromatic rings. The highest BCUT2D eigenvalue weighted by Crippen LogP contribution is 2.10. The van der Waals surface area contributed by atoms with Crippen LogP contribution in [0.5, 0.6) is 0 Å². The van der Waals surface area contributed by atoms with E-state index in [4.69, 9.17) is 14.9 Å². The predicted molar refractivity (Wildman–Crippen MR) is 135 cm³/mol. The summed E-state index contributed by atoms with van der Waals surface area (Å²) in [5, 5.41) is 20.3. The second kappa shape index (κ2) is 24.2. The molecule has 0 aromatic carbocycles. The Morgan fingerprint density at radius 2 is 1.38 bits per heavy atom. The van der Waals surface area contributed by atoms with E-state index >= 15 is 0 Å². The zero-order valence-electron chi connectivity index (χ0n) is 21.3. The number of carboxylic acid groups (broad SMARTS) is 2. The van der Waals surface area contributed by atoms with Crippen molar-refractivity contribution in [1.82, 2.24) is 10.2 Å². The summed E-state index contributed by atoms with van der Waals surface area (Å²) in [5.41, 5.74) is 0. The maximum atomic E-state index is 12.0. The number of ether oxygens (including phenoxy) is 1. The maximum absolute atomic E-state index is 12.0. The van der Waals surface area contributed by atoms with Gasteiger partial charge in [-0.25, -0.2) is 4.79 Å². The van der Waals surface area contributed by atoms with Crippen LogP contribution >= 0.6 is 0 Å². The number of hydrogen-bond donors (Lipinski definition) is 3. The molecule has 0 aliphatic carbocycles. The zero-order valence-corrected chi connectivity index (χ0v) is 21.3.